The molecule has 6 nitrogen and oxygen atoms in total. The summed E-state index contributed by atoms with van der Waals surface area (Å²) < 4.78 is 3.41. The van der Waals surface area contributed by atoms with Gasteiger partial charge < -0.3 is 5.73 Å². The highest BCUT2D eigenvalue weighted by molar-refractivity contribution is 7.80. The number of thiocarbonyl (C=S) groups is 1. The molecular formula is C11H12N5OS2+. The van der Waals surface area contributed by atoms with Crippen molar-refractivity contribution in [3.63, 3.8) is 0 Å². The molecule has 0 saturated heterocycles. The van der Waals surface area contributed by atoms with Crippen molar-refractivity contribution in [1.29, 1.82) is 0 Å². The number of hydrogen-bond donors (Lipinski definition) is 2. The van der Waals surface area contributed by atoms with Gasteiger partial charge >= 0.3 is 10.7 Å². The number of thiazole rings is 1. The molecule has 0 aliphatic rings. The summed E-state index contributed by atoms with van der Waals surface area (Å²) >= 11 is 5.75. The molecule has 98 valence electrons. The average molecular weight is 294 g/mol. The molecule has 2 aromatic heterocycles. The molecular weight excluding hydrogens is 282 g/mol. The smallest absolute Gasteiger partial charge is 0.375 e. The summed E-state index contributed by atoms with van der Waals surface area (Å²) in [4.78, 5) is 12.4. The summed E-state index contributed by atoms with van der Waals surface area (Å²) in [5.41, 5.74) is 7.74. The van der Waals surface area contributed by atoms with E-state index in [1.54, 1.807) is 11.6 Å². The van der Waals surface area contributed by atoms with Crippen molar-refractivity contribution in [2.24, 2.45) is 17.9 Å². The first-order chi connectivity index (χ1) is 9.09. The second-order valence-electron chi connectivity index (χ2n) is 3.63. The van der Waals surface area contributed by atoms with Crippen LogP contribution in [0.15, 0.2) is 40.5 Å². The predicted molar refractivity (Wildman–Crippen MR) is 78.6 cm³/mol. The van der Waals surface area contributed by atoms with Gasteiger partial charge in [0.2, 0.25) is 0 Å². The lowest BCUT2D eigenvalue weighted by atomic mass is 10.4. The van der Waals surface area contributed by atoms with E-state index in [9.17, 15) is 4.79 Å². The fourth-order valence-corrected chi connectivity index (χ4v) is 2.44. The fourth-order valence-electron chi connectivity index (χ4n) is 1.54. The van der Waals surface area contributed by atoms with Crippen LogP contribution in [0.25, 0.3) is 5.82 Å². The highest BCUT2D eigenvalue weighted by Crippen LogP contribution is 2.08. The molecule has 0 atom stereocenters. The van der Waals surface area contributed by atoms with Gasteiger partial charge in [-0.3, -0.25) is 5.43 Å². The zero-order chi connectivity index (χ0) is 13.8. The van der Waals surface area contributed by atoms with Gasteiger partial charge in [0, 0.05) is 0 Å². The van der Waals surface area contributed by atoms with Crippen molar-refractivity contribution in [1.82, 2.24) is 9.99 Å². The van der Waals surface area contributed by atoms with Crippen molar-refractivity contribution in [2.45, 2.75) is 0 Å². The summed E-state index contributed by atoms with van der Waals surface area (Å²) in [7, 11) is 1.71. The van der Waals surface area contributed by atoms with Crippen molar-refractivity contribution in [3.8, 4) is 5.82 Å². The zero-order valence-electron chi connectivity index (χ0n) is 10.1. The third-order valence-electron chi connectivity index (χ3n) is 2.33. The second kappa shape index (κ2) is 5.72. The number of nitrogens with two attached hydrogens (primary N) is 1. The van der Waals surface area contributed by atoms with Gasteiger partial charge in [-0.25, -0.2) is 9.36 Å². The van der Waals surface area contributed by atoms with Crippen LogP contribution in [0.4, 0.5) is 0 Å². The molecule has 0 radical (unpaired) electrons. The maximum atomic E-state index is 11.8. The number of aromatic nitrogens is 2. The van der Waals surface area contributed by atoms with E-state index < -0.39 is 0 Å². The molecule has 0 aromatic carbocycles. The molecule has 2 aromatic rings. The lowest BCUT2D eigenvalue weighted by Crippen LogP contribution is -2.34. The summed E-state index contributed by atoms with van der Waals surface area (Å²) in [6.07, 6.45) is 5.25. The lowest BCUT2D eigenvalue weighted by molar-refractivity contribution is -0.601. The van der Waals surface area contributed by atoms with E-state index in [1.165, 1.54) is 6.21 Å². The minimum absolute atomic E-state index is 0.0665. The number of rotatable bonds is 3. The molecule has 0 aliphatic carbocycles. The number of hydrogen-bond acceptors (Lipinski definition) is 4. The fraction of sp³-hybridized carbons (Fsp3) is 0.0909. The third-order valence-corrected chi connectivity index (χ3v) is 3.37. The number of pyridine rings is 1. The van der Waals surface area contributed by atoms with Crippen LogP contribution in [0.2, 0.25) is 0 Å². The van der Waals surface area contributed by atoms with E-state index in [0.717, 1.165) is 17.2 Å². The first-order valence-corrected chi connectivity index (χ1v) is 6.57. The van der Waals surface area contributed by atoms with Crippen LogP contribution < -0.4 is 20.6 Å². The molecule has 8 heteroatoms. The minimum atomic E-state index is -0.0665. The highest BCUT2D eigenvalue weighted by Gasteiger charge is 2.20. The molecule has 3 N–H and O–H groups in total. The summed E-state index contributed by atoms with van der Waals surface area (Å²) in [6.45, 7) is 0. The van der Waals surface area contributed by atoms with Crippen molar-refractivity contribution in [3.05, 3.63) is 45.1 Å². The lowest BCUT2D eigenvalue weighted by Gasteiger charge is -1.98. The highest BCUT2D eigenvalue weighted by atomic mass is 32.1. The van der Waals surface area contributed by atoms with Crippen molar-refractivity contribution in [2.75, 3.05) is 0 Å². The van der Waals surface area contributed by atoms with Gasteiger partial charge in [-0.05, 0) is 35.7 Å². The molecule has 0 saturated carbocycles. The molecule has 0 unspecified atom stereocenters. The van der Waals surface area contributed by atoms with Gasteiger partial charge in [0.1, 0.15) is 4.88 Å². The molecule has 2 rings (SSSR count). The second-order valence-corrected chi connectivity index (χ2v) is 5.06. The van der Waals surface area contributed by atoms with Crippen LogP contribution >= 0.6 is 23.6 Å². The predicted octanol–water partition coefficient (Wildman–Crippen LogP) is -0.109. The van der Waals surface area contributed by atoms with E-state index in [2.05, 4.69) is 22.7 Å². The summed E-state index contributed by atoms with van der Waals surface area (Å²) in [5, 5.41) is 3.96. The van der Waals surface area contributed by atoms with Crippen LogP contribution in [0.3, 0.4) is 0 Å². The zero-order valence-corrected chi connectivity index (χ0v) is 11.7. The molecule has 0 amide bonds. The Morgan fingerprint density at radius 2 is 2.21 bits per heavy atom. The maximum Gasteiger partial charge on any atom is 0.392 e. The summed E-state index contributed by atoms with van der Waals surface area (Å²) in [5.74, 6) is 0.740. The van der Waals surface area contributed by atoms with E-state index >= 15 is 0 Å². The first kappa shape index (κ1) is 13.4. The number of hydrazone groups is 1. The van der Waals surface area contributed by atoms with Crippen LogP contribution in [-0.2, 0) is 7.05 Å². The molecule has 0 fully saturated rings. The van der Waals surface area contributed by atoms with Gasteiger partial charge in [0.25, 0.3) is 0 Å². The van der Waals surface area contributed by atoms with E-state index in [4.69, 9.17) is 5.73 Å². The molecule has 2 heterocycles. The Labute approximate surface area is 118 Å². The summed E-state index contributed by atoms with van der Waals surface area (Å²) in [6, 6.07) is 5.68. The normalized spacial score (nSPS) is 10.8. The number of nitrogens with one attached hydrogen (secondary N) is 1. The molecule has 0 bridgehead atoms. The minimum Gasteiger partial charge on any atom is -0.375 e. The largest absolute Gasteiger partial charge is 0.392 e. The van der Waals surface area contributed by atoms with E-state index in [0.29, 0.717) is 4.88 Å². The Hall–Kier alpha value is -2.06. The number of nitrogens with zero attached hydrogens (tertiary/aromatic N) is 3. The van der Waals surface area contributed by atoms with Crippen LogP contribution in [-0.4, -0.2) is 15.9 Å². The van der Waals surface area contributed by atoms with Gasteiger partial charge in [0.15, 0.2) is 5.11 Å². The van der Waals surface area contributed by atoms with Crippen molar-refractivity contribution < 1.29 is 4.57 Å². The molecule has 19 heavy (non-hydrogen) atoms. The molecule has 0 aliphatic heterocycles. The Kier molecular flexibility index (Phi) is 4.03. The van der Waals surface area contributed by atoms with Crippen LogP contribution in [0.1, 0.15) is 4.88 Å². The van der Waals surface area contributed by atoms with E-state index in [1.807, 2.05) is 35.2 Å². The standard InChI is InChI=1S/C11H11N5OS2/c1-15-9(16-5-3-2-4-6-16)8(19-11(15)17)7-13-14-10(12)18/h2-7H,1H3,(H2-,12,14,18)/p+1/b13-7-. The molecule has 0 spiro atoms. The topological polar surface area (TPSA) is 76.3 Å². The average Bonchev–Trinajstić information content (AvgIpc) is 2.66. The third kappa shape index (κ3) is 3.04. The Bertz CT molecular complexity index is 674. The Morgan fingerprint density at radius 3 is 2.84 bits per heavy atom. The Morgan fingerprint density at radius 1 is 1.53 bits per heavy atom. The van der Waals surface area contributed by atoms with Gasteiger partial charge in [-0.1, -0.05) is 6.07 Å². The van der Waals surface area contributed by atoms with Crippen LogP contribution in [0.5, 0.6) is 0 Å². The monoisotopic (exact) mass is 294 g/mol. The van der Waals surface area contributed by atoms with Gasteiger partial charge in [-0.15, -0.1) is 0 Å². The SMILES string of the molecule is Cn1c(-[n+]2ccccc2)c(/C=N\NC(N)=S)sc1=O. The van der Waals surface area contributed by atoms with Crippen molar-refractivity contribution >= 4 is 34.9 Å². The van der Waals surface area contributed by atoms with E-state index in [-0.39, 0.29) is 9.99 Å². The van der Waals surface area contributed by atoms with Crippen LogP contribution in [0, 0.1) is 0 Å². The Balaban J connectivity index is 2.45. The van der Waals surface area contributed by atoms with Gasteiger partial charge in [0.05, 0.1) is 25.7 Å². The quantitative estimate of drug-likeness (QED) is 0.358. The maximum absolute atomic E-state index is 11.8. The van der Waals surface area contributed by atoms with Gasteiger partial charge in [-0.2, -0.15) is 9.67 Å². The first-order valence-electron chi connectivity index (χ1n) is 5.34.